The number of hydrogen-bond acceptors (Lipinski definition) is 2. The van der Waals surface area contributed by atoms with Gasteiger partial charge >= 0.3 is 0 Å². The Morgan fingerprint density at radius 1 is 1.17 bits per heavy atom. The molecule has 1 aliphatic heterocycles. The Bertz CT molecular complexity index is 657. The molecule has 0 N–H and O–H groups in total. The second-order valence-electron chi connectivity index (χ2n) is 4.76. The number of rotatable bonds is 1. The van der Waals surface area contributed by atoms with Crippen LogP contribution in [0.3, 0.4) is 0 Å². The van der Waals surface area contributed by atoms with E-state index in [1.165, 1.54) is 4.90 Å². The summed E-state index contributed by atoms with van der Waals surface area (Å²) in [6, 6.07) is 7.95. The number of imide groups is 1. The highest BCUT2D eigenvalue weighted by molar-refractivity contribution is 6.07. The molecule has 0 radical (unpaired) electrons. The van der Waals surface area contributed by atoms with Gasteiger partial charge in [-0.15, -0.1) is 0 Å². The molecule has 0 unspecified atom stereocenters. The van der Waals surface area contributed by atoms with Gasteiger partial charge in [-0.1, -0.05) is 18.2 Å². The fraction of sp³-hybridized carbons (Fsp3) is 0.286. The fourth-order valence-electron chi connectivity index (χ4n) is 2.65. The highest BCUT2D eigenvalue weighted by Gasteiger charge is 2.38. The first kappa shape index (κ1) is 11.0. The predicted octanol–water partition coefficient (Wildman–Crippen LogP) is 1.65. The maximum Gasteiger partial charge on any atom is 0.237 e. The standard InChI is InChI=1S/C14H14N2O2/c1-15-8-11(9-5-3-4-6-12(9)15)10-7-13(17)16(2)14(10)18/h3-6,8,10H,7H2,1-2H3/t10-/m1/s1. The summed E-state index contributed by atoms with van der Waals surface area (Å²) < 4.78 is 2.00. The summed E-state index contributed by atoms with van der Waals surface area (Å²) in [6.07, 6.45) is 2.24. The number of likely N-dealkylation sites (N-methyl/N-ethyl adjacent to an activating group) is 1. The third-order valence-electron chi connectivity index (χ3n) is 3.68. The molecule has 4 nitrogen and oxygen atoms in total. The van der Waals surface area contributed by atoms with Crippen LogP contribution in [0.1, 0.15) is 17.9 Å². The molecule has 1 saturated heterocycles. The molecule has 3 rings (SSSR count). The summed E-state index contributed by atoms with van der Waals surface area (Å²) in [4.78, 5) is 24.9. The minimum absolute atomic E-state index is 0.0991. The second kappa shape index (κ2) is 3.70. The van der Waals surface area contributed by atoms with Crippen molar-refractivity contribution in [1.29, 1.82) is 0 Å². The summed E-state index contributed by atoms with van der Waals surface area (Å²) in [5, 5.41) is 1.06. The lowest BCUT2D eigenvalue weighted by atomic mass is 9.97. The Hall–Kier alpha value is -2.10. The lowest BCUT2D eigenvalue weighted by Crippen LogP contribution is -2.25. The van der Waals surface area contributed by atoms with Crippen molar-refractivity contribution in [1.82, 2.24) is 9.47 Å². The summed E-state index contributed by atoms with van der Waals surface area (Å²) in [6.45, 7) is 0. The number of likely N-dealkylation sites (tertiary alicyclic amines) is 1. The van der Waals surface area contributed by atoms with Gasteiger partial charge in [-0.05, 0) is 11.6 Å². The molecule has 0 bridgehead atoms. The Balaban J connectivity index is 2.16. The van der Waals surface area contributed by atoms with E-state index in [4.69, 9.17) is 0 Å². The van der Waals surface area contributed by atoms with Gasteiger partial charge in [0.2, 0.25) is 11.8 Å². The number of carbonyl (C=O) groups excluding carboxylic acids is 2. The van der Waals surface area contributed by atoms with Crippen LogP contribution in [0.2, 0.25) is 0 Å². The van der Waals surface area contributed by atoms with Crippen molar-refractivity contribution in [2.45, 2.75) is 12.3 Å². The van der Waals surface area contributed by atoms with E-state index in [2.05, 4.69) is 0 Å². The molecule has 1 atom stereocenters. The average molecular weight is 242 g/mol. The minimum atomic E-state index is -0.325. The third kappa shape index (κ3) is 1.38. The molecule has 0 saturated carbocycles. The van der Waals surface area contributed by atoms with Crippen molar-refractivity contribution in [3.8, 4) is 0 Å². The van der Waals surface area contributed by atoms with Crippen LogP contribution >= 0.6 is 0 Å². The fourth-order valence-corrected chi connectivity index (χ4v) is 2.65. The highest BCUT2D eigenvalue weighted by atomic mass is 16.2. The van der Waals surface area contributed by atoms with Gasteiger partial charge in [0.05, 0.1) is 5.92 Å². The first-order valence-electron chi connectivity index (χ1n) is 5.94. The van der Waals surface area contributed by atoms with Crippen molar-refractivity contribution in [2.75, 3.05) is 7.05 Å². The summed E-state index contributed by atoms with van der Waals surface area (Å²) in [5.74, 6) is -0.525. The normalized spacial score (nSPS) is 20.1. The van der Waals surface area contributed by atoms with E-state index < -0.39 is 0 Å². The van der Waals surface area contributed by atoms with Gasteiger partial charge in [0.15, 0.2) is 0 Å². The van der Waals surface area contributed by atoms with Crippen LogP contribution in [0.4, 0.5) is 0 Å². The molecule has 0 aliphatic carbocycles. The number of benzene rings is 1. The number of fused-ring (bicyclic) bond motifs is 1. The van der Waals surface area contributed by atoms with Crippen LogP contribution < -0.4 is 0 Å². The smallest absolute Gasteiger partial charge is 0.237 e. The summed E-state index contributed by atoms with van der Waals surface area (Å²) >= 11 is 0. The summed E-state index contributed by atoms with van der Waals surface area (Å²) in [5.41, 5.74) is 2.04. The lowest BCUT2D eigenvalue weighted by Gasteiger charge is -2.07. The van der Waals surface area contributed by atoms with E-state index >= 15 is 0 Å². The van der Waals surface area contributed by atoms with E-state index in [-0.39, 0.29) is 24.2 Å². The van der Waals surface area contributed by atoms with E-state index in [9.17, 15) is 9.59 Å². The Labute approximate surface area is 105 Å². The van der Waals surface area contributed by atoms with Crippen molar-refractivity contribution >= 4 is 22.7 Å². The van der Waals surface area contributed by atoms with E-state index in [1.807, 2.05) is 42.1 Å². The molecular weight excluding hydrogens is 228 g/mol. The van der Waals surface area contributed by atoms with Gasteiger partial charge in [-0.3, -0.25) is 14.5 Å². The number of para-hydroxylation sites is 1. The molecular formula is C14H14N2O2. The highest BCUT2D eigenvalue weighted by Crippen LogP contribution is 2.34. The molecule has 1 aromatic heterocycles. The van der Waals surface area contributed by atoms with Gasteiger partial charge in [-0.25, -0.2) is 0 Å². The Morgan fingerprint density at radius 2 is 1.89 bits per heavy atom. The number of nitrogens with zero attached hydrogens (tertiary/aromatic N) is 2. The van der Waals surface area contributed by atoms with Gasteiger partial charge in [0.1, 0.15) is 0 Å². The Morgan fingerprint density at radius 3 is 2.56 bits per heavy atom. The minimum Gasteiger partial charge on any atom is -0.350 e. The number of carbonyl (C=O) groups is 2. The molecule has 2 aromatic rings. The second-order valence-corrected chi connectivity index (χ2v) is 4.76. The lowest BCUT2D eigenvalue weighted by molar-refractivity contribution is -0.137. The monoisotopic (exact) mass is 242 g/mol. The molecule has 2 amide bonds. The molecule has 1 aliphatic rings. The maximum atomic E-state index is 12.1. The average Bonchev–Trinajstić information content (AvgIpc) is 2.83. The third-order valence-corrected chi connectivity index (χ3v) is 3.68. The maximum absolute atomic E-state index is 12.1. The molecule has 92 valence electrons. The van der Waals surface area contributed by atoms with Crippen molar-refractivity contribution in [2.24, 2.45) is 7.05 Å². The van der Waals surface area contributed by atoms with Crippen LogP contribution in [0.5, 0.6) is 0 Å². The van der Waals surface area contributed by atoms with Gasteiger partial charge in [-0.2, -0.15) is 0 Å². The van der Waals surface area contributed by atoms with Crippen LogP contribution in [0, 0.1) is 0 Å². The zero-order valence-electron chi connectivity index (χ0n) is 10.4. The number of amides is 2. The number of aromatic nitrogens is 1. The first-order chi connectivity index (χ1) is 8.59. The van der Waals surface area contributed by atoms with Crippen LogP contribution in [0.15, 0.2) is 30.5 Å². The first-order valence-corrected chi connectivity index (χ1v) is 5.94. The topological polar surface area (TPSA) is 42.3 Å². The molecule has 1 aromatic carbocycles. The molecule has 1 fully saturated rings. The predicted molar refractivity (Wildman–Crippen MR) is 68.1 cm³/mol. The molecule has 0 spiro atoms. The van der Waals surface area contributed by atoms with Gasteiger partial charge < -0.3 is 4.57 Å². The number of aryl methyl sites for hydroxylation is 1. The van der Waals surface area contributed by atoms with Gasteiger partial charge in [0, 0.05) is 37.6 Å². The number of hydrogen-bond donors (Lipinski definition) is 0. The van der Waals surface area contributed by atoms with Gasteiger partial charge in [0.25, 0.3) is 0 Å². The summed E-state index contributed by atoms with van der Waals surface area (Å²) in [7, 11) is 3.51. The SMILES string of the molecule is CN1C(=O)C[C@H](c2cn(C)c3ccccc23)C1=O. The van der Waals surface area contributed by atoms with Crippen molar-refractivity contribution in [3.05, 3.63) is 36.0 Å². The zero-order valence-corrected chi connectivity index (χ0v) is 10.4. The zero-order chi connectivity index (χ0) is 12.9. The molecule has 4 heteroatoms. The molecule has 18 heavy (non-hydrogen) atoms. The van der Waals surface area contributed by atoms with Crippen LogP contribution in [-0.4, -0.2) is 28.3 Å². The van der Waals surface area contributed by atoms with Crippen LogP contribution in [-0.2, 0) is 16.6 Å². The van der Waals surface area contributed by atoms with Crippen molar-refractivity contribution in [3.63, 3.8) is 0 Å². The van der Waals surface area contributed by atoms with E-state index in [0.717, 1.165) is 16.5 Å². The Kier molecular flexibility index (Phi) is 2.26. The largest absolute Gasteiger partial charge is 0.350 e. The quantitative estimate of drug-likeness (QED) is 0.714. The van der Waals surface area contributed by atoms with Crippen LogP contribution in [0.25, 0.3) is 10.9 Å². The molecule has 2 heterocycles. The van der Waals surface area contributed by atoms with E-state index in [0.29, 0.717) is 0 Å². The van der Waals surface area contributed by atoms with Crippen molar-refractivity contribution < 1.29 is 9.59 Å². The van der Waals surface area contributed by atoms with E-state index in [1.54, 1.807) is 7.05 Å².